The summed E-state index contributed by atoms with van der Waals surface area (Å²) in [6, 6.07) is 7.76. The van der Waals surface area contributed by atoms with Gasteiger partial charge in [0.25, 0.3) is 0 Å². The fourth-order valence-corrected chi connectivity index (χ4v) is 2.22. The van der Waals surface area contributed by atoms with Crippen LogP contribution in [0, 0.1) is 0 Å². The molecule has 0 fully saturated rings. The molecule has 1 aliphatic heterocycles. The van der Waals surface area contributed by atoms with E-state index in [1.807, 2.05) is 31.2 Å². The molecule has 0 unspecified atom stereocenters. The van der Waals surface area contributed by atoms with Crippen LogP contribution in [0.3, 0.4) is 0 Å². The Morgan fingerprint density at radius 2 is 2.05 bits per heavy atom. The quantitative estimate of drug-likeness (QED) is 0.666. The molecule has 0 radical (unpaired) electrons. The van der Waals surface area contributed by atoms with E-state index in [4.69, 9.17) is 5.73 Å². The summed E-state index contributed by atoms with van der Waals surface area (Å²) in [5.74, 6) is -0.191. The summed E-state index contributed by atoms with van der Waals surface area (Å²) < 4.78 is 4.68. The number of allylic oxidation sites excluding steroid dienone is 1. The molecular weight excluding hydrogens is 240 g/mol. The fourth-order valence-electron chi connectivity index (χ4n) is 2.22. The predicted molar refractivity (Wildman–Crippen MR) is 77.0 cm³/mol. The molecule has 19 heavy (non-hydrogen) atoms. The fraction of sp³-hybridized carbons (Fsp3) is 0.333. The molecule has 0 bridgehead atoms. The van der Waals surface area contributed by atoms with Crippen LogP contribution in [0.1, 0.15) is 25.3 Å². The molecule has 0 amide bonds. The van der Waals surface area contributed by atoms with Crippen LogP contribution in [-0.2, 0) is 9.53 Å². The highest BCUT2D eigenvalue weighted by molar-refractivity contribution is 6.08. The summed E-state index contributed by atoms with van der Waals surface area (Å²) in [7, 11) is 1.41. The second-order valence-electron chi connectivity index (χ2n) is 4.56. The van der Waals surface area contributed by atoms with E-state index < -0.39 is 0 Å². The number of rotatable bonds is 4. The highest BCUT2D eigenvalue weighted by Gasteiger charge is 2.18. The van der Waals surface area contributed by atoms with Crippen molar-refractivity contribution in [3.8, 4) is 0 Å². The predicted octanol–water partition coefficient (Wildman–Crippen LogP) is 2.45. The van der Waals surface area contributed by atoms with E-state index in [1.54, 1.807) is 0 Å². The topological polar surface area (TPSA) is 64.7 Å². The van der Waals surface area contributed by atoms with Crippen LogP contribution >= 0.6 is 0 Å². The molecule has 2 rings (SSSR count). The first-order valence-electron chi connectivity index (χ1n) is 6.28. The van der Waals surface area contributed by atoms with Gasteiger partial charge in [0, 0.05) is 17.8 Å². The number of nitrogens with zero attached hydrogens (tertiary/aromatic N) is 1. The molecule has 0 aliphatic carbocycles. The third-order valence-corrected chi connectivity index (χ3v) is 3.34. The molecule has 4 nitrogen and oxygen atoms in total. The molecule has 1 aromatic carbocycles. The zero-order valence-electron chi connectivity index (χ0n) is 11.3. The van der Waals surface area contributed by atoms with Crippen LogP contribution in [-0.4, -0.2) is 25.3 Å². The molecule has 4 heteroatoms. The minimum Gasteiger partial charge on any atom is -0.469 e. The number of methoxy groups -OCH3 is 1. The van der Waals surface area contributed by atoms with Gasteiger partial charge in [0.1, 0.15) is 0 Å². The Morgan fingerprint density at radius 1 is 1.37 bits per heavy atom. The molecule has 0 aromatic heterocycles. The highest BCUT2D eigenvalue weighted by Crippen LogP contribution is 2.28. The van der Waals surface area contributed by atoms with Gasteiger partial charge < -0.3 is 10.5 Å². The number of anilines is 1. The van der Waals surface area contributed by atoms with Crippen molar-refractivity contribution in [2.24, 2.45) is 4.99 Å². The molecule has 0 spiro atoms. The average Bonchev–Trinajstić information content (AvgIpc) is 2.78. The lowest BCUT2D eigenvalue weighted by Gasteiger charge is -2.08. The van der Waals surface area contributed by atoms with Gasteiger partial charge in [-0.15, -0.1) is 0 Å². The highest BCUT2D eigenvalue weighted by atomic mass is 16.5. The van der Waals surface area contributed by atoms with E-state index in [9.17, 15) is 4.79 Å². The molecule has 0 saturated heterocycles. The number of esters is 1. The Hall–Kier alpha value is -2.10. The molecule has 0 atom stereocenters. The monoisotopic (exact) mass is 258 g/mol. The number of aliphatic imine (C=N–C) groups is 1. The Bertz CT molecular complexity index is 542. The standard InChI is InChI=1S/C15H18N2O2/c1-10-13(7-8-15(18)19-2)14(9-17-10)11-3-5-12(16)6-4-11/h3-6H,7-9,16H2,1-2H3. The van der Waals surface area contributed by atoms with Gasteiger partial charge in [-0.3, -0.25) is 9.79 Å². The van der Waals surface area contributed by atoms with E-state index in [0.29, 0.717) is 19.4 Å². The number of hydrogen-bond acceptors (Lipinski definition) is 4. The molecular formula is C15H18N2O2. The zero-order valence-corrected chi connectivity index (χ0v) is 11.3. The first-order valence-corrected chi connectivity index (χ1v) is 6.28. The van der Waals surface area contributed by atoms with Gasteiger partial charge in [0.15, 0.2) is 0 Å². The van der Waals surface area contributed by atoms with Crippen LogP contribution in [0.25, 0.3) is 5.57 Å². The van der Waals surface area contributed by atoms with Gasteiger partial charge in [-0.2, -0.15) is 0 Å². The smallest absolute Gasteiger partial charge is 0.305 e. The van der Waals surface area contributed by atoms with Crippen molar-refractivity contribution in [1.29, 1.82) is 0 Å². The van der Waals surface area contributed by atoms with E-state index in [2.05, 4.69) is 9.73 Å². The summed E-state index contributed by atoms with van der Waals surface area (Å²) >= 11 is 0. The van der Waals surface area contributed by atoms with Crippen LogP contribution in [0.2, 0.25) is 0 Å². The van der Waals surface area contributed by atoms with Crippen LogP contribution in [0.4, 0.5) is 5.69 Å². The Morgan fingerprint density at radius 3 is 2.68 bits per heavy atom. The number of carbonyl (C=O) groups is 1. The maximum absolute atomic E-state index is 11.3. The largest absolute Gasteiger partial charge is 0.469 e. The van der Waals surface area contributed by atoms with Gasteiger partial charge in [0.2, 0.25) is 0 Å². The van der Waals surface area contributed by atoms with Gasteiger partial charge in [-0.1, -0.05) is 12.1 Å². The van der Waals surface area contributed by atoms with E-state index in [-0.39, 0.29) is 5.97 Å². The average molecular weight is 258 g/mol. The van der Waals surface area contributed by atoms with Gasteiger partial charge in [0.05, 0.1) is 13.7 Å². The second kappa shape index (κ2) is 5.69. The number of carbonyl (C=O) groups excluding carboxylic acids is 1. The molecule has 2 N–H and O–H groups in total. The molecule has 1 aromatic rings. The minimum absolute atomic E-state index is 0.191. The van der Waals surface area contributed by atoms with Crippen LogP contribution < -0.4 is 5.73 Å². The lowest BCUT2D eigenvalue weighted by Crippen LogP contribution is -2.04. The molecule has 1 aliphatic rings. The number of benzene rings is 1. The van der Waals surface area contributed by atoms with E-state index in [1.165, 1.54) is 12.7 Å². The van der Waals surface area contributed by atoms with Crippen LogP contribution in [0.5, 0.6) is 0 Å². The van der Waals surface area contributed by atoms with Gasteiger partial charge in [-0.25, -0.2) is 0 Å². The number of nitrogen functional groups attached to an aromatic ring is 1. The van der Waals surface area contributed by atoms with Crippen molar-refractivity contribution in [2.45, 2.75) is 19.8 Å². The number of hydrogen-bond donors (Lipinski definition) is 1. The van der Waals surface area contributed by atoms with E-state index in [0.717, 1.165) is 22.5 Å². The van der Waals surface area contributed by atoms with Gasteiger partial charge in [-0.05, 0) is 42.2 Å². The van der Waals surface area contributed by atoms with E-state index >= 15 is 0 Å². The molecule has 100 valence electrons. The summed E-state index contributed by atoms with van der Waals surface area (Å²) in [5, 5.41) is 0. The minimum atomic E-state index is -0.191. The second-order valence-corrected chi connectivity index (χ2v) is 4.56. The Labute approximate surface area is 113 Å². The summed E-state index contributed by atoms with van der Waals surface area (Å²) in [4.78, 5) is 15.7. The third-order valence-electron chi connectivity index (χ3n) is 3.34. The van der Waals surface area contributed by atoms with Crippen molar-refractivity contribution in [3.63, 3.8) is 0 Å². The zero-order chi connectivity index (χ0) is 13.8. The lowest BCUT2D eigenvalue weighted by atomic mass is 9.96. The first kappa shape index (κ1) is 13.3. The van der Waals surface area contributed by atoms with Crippen molar-refractivity contribution in [3.05, 3.63) is 35.4 Å². The SMILES string of the molecule is COC(=O)CCC1=C(c2ccc(N)cc2)CN=C1C. The summed E-state index contributed by atoms with van der Waals surface area (Å²) in [6.07, 6.45) is 1.05. The number of ether oxygens (including phenoxy) is 1. The maximum Gasteiger partial charge on any atom is 0.305 e. The van der Waals surface area contributed by atoms with Crippen molar-refractivity contribution < 1.29 is 9.53 Å². The molecule has 1 heterocycles. The Kier molecular flexibility index (Phi) is 4.00. The van der Waals surface area contributed by atoms with Crippen molar-refractivity contribution in [2.75, 3.05) is 19.4 Å². The van der Waals surface area contributed by atoms with Crippen LogP contribution in [0.15, 0.2) is 34.8 Å². The third kappa shape index (κ3) is 3.02. The number of nitrogens with two attached hydrogens (primary N) is 1. The summed E-state index contributed by atoms with van der Waals surface area (Å²) in [5.41, 5.74) is 10.9. The van der Waals surface area contributed by atoms with Crippen molar-refractivity contribution >= 4 is 22.9 Å². The lowest BCUT2D eigenvalue weighted by molar-refractivity contribution is -0.140. The molecule has 0 saturated carbocycles. The maximum atomic E-state index is 11.3. The first-order chi connectivity index (χ1) is 9.11. The normalized spacial score (nSPS) is 14.5. The summed E-state index contributed by atoms with van der Waals surface area (Å²) in [6.45, 7) is 2.66. The van der Waals surface area contributed by atoms with Crippen molar-refractivity contribution in [1.82, 2.24) is 0 Å². The Balaban J connectivity index is 2.23. The van der Waals surface area contributed by atoms with Gasteiger partial charge >= 0.3 is 5.97 Å².